The summed E-state index contributed by atoms with van der Waals surface area (Å²) in [7, 11) is 1.49. The van der Waals surface area contributed by atoms with E-state index in [1.165, 1.54) is 30.4 Å². The number of alkyl halides is 1. The van der Waals surface area contributed by atoms with E-state index >= 15 is 0 Å². The van der Waals surface area contributed by atoms with Gasteiger partial charge < -0.3 is 4.74 Å². The summed E-state index contributed by atoms with van der Waals surface area (Å²) in [6.07, 6.45) is 5.41. The third kappa shape index (κ3) is 3.13. The SMILES string of the molecule is COC(=O)C(C1CCCCC1Cl)N1CCc2sccc2C1. The van der Waals surface area contributed by atoms with Crippen LogP contribution in [-0.2, 0) is 22.5 Å². The Kier molecular flexibility index (Phi) is 4.87. The van der Waals surface area contributed by atoms with Gasteiger partial charge >= 0.3 is 5.97 Å². The monoisotopic (exact) mass is 327 g/mol. The quantitative estimate of drug-likeness (QED) is 0.629. The Morgan fingerprint density at radius 2 is 2.29 bits per heavy atom. The molecule has 2 aliphatic rings. The van der Waals surface area contributed by atoms with E-state index in [4.69, 9.17) is 16.3 Å². The molecule has 0 aromatic carbocycles. The normalized spacial score (nSPS) is 27.9. The van der Waals surface area contributed by atoms with E-state index in [1.807, 2.05) is 11.3 Å². The predicted octanol–water partition coefficient (Wildman–Crippen LogP) is 3.45. The molecular formula is C16H22ClNO2S. The Morgan fingerprint density at radius 3 is 3.05 bits per heavy atom. The van der Waals surface area contributed by atoms with Gasteiger partial charge in [0.05, 0.1) is 7.11 Å². The van der Waals surface area contributed by atoms with Crippen LogP contribution in [0.5, 0.6) is 0 Å². The Hall–Kier alpha value is -0.580. The summed E-state index contributed by atoms with van der Waals surface area (Å²) in [6, 6.07) is 1.99. The summed E-state index contributed by atoms with van der Waals surface area (Å²) in [4.78, 5) is 16.1. The smallest absolute Gasteiger partial charge is 0.323 e. The fourth-order valence-electron chi connectivity index (χ4n) is 3.69. The molecule has 3 rings (SSSR count). The number of halogens is 1. The fourth-order valence-corrected chi connectivity index (χ4v) is 5.00. The number of rotatable bonds is 3. The molecule has 0 spiro atoms. The van der Waals surface area contributed by atoms with E-state index in [1.54, 1.807) is 0 Å². The van der Waals surface area contributed by atoms with Crippen molar-refractivity contribution >= 4 is 28.9 Å². The molecule has 0 radical (unpaired) electrons. The van der Waals surface area contributed by atoms with E-state index in [2.05, 4.69) is 16.3 Å². The van der Waals surface area contributed by atoms with E-state index in [0.29, 0.717) is 0 Å². The van der Waals surface area contributed by atoms with Crippen LogP contribution in [0.25, 0.3) is 0 Å². The van der Waals surface area contributed by atoms with Gasteiger partial charge in [-0.15, -0.1) is 22.9 Å². The first-order valence-electron chi connectivity index (χ1n) is 7.72. The molecule has 0 bridgehead atoms. The molecule has 0 amide bonds. The zero-order valence-corrected chi connectivity index (χ0v) is 14.0. The number of hydrogen-bond acceptors (Lipinski definition) is 4. The molecule has 0 saturated heterocycles. The molecule has 3 nitrogen and oxygen atoms in total. The van der Waals surface area contributed by atoms with Gasteiger partial charge in [0, 0.05) is 29.3 Å². The van der Waals surface area contributed by atoms with E-state index in [-0.39, 0.29) is 23.3 Å². The second-order valence-electron chi connectivity index (χ2n) is 6.02. The molecule has 5 heteroatoms. The van der Waals surface area contributed by atoms with Gasteiger partial charge in [-0.2, -0.15) is 0 Å². The topological polar surface area (TPSA) is 29.5 Å². The first-order chi connectivity index (χ1) is 10.2. The van der Waals surface area contributed by atoms with Crippen molar-refractivity contribution in [2.45, 2.75) is 50.1 Å². The van der Waals surface area contributed by atoms with Crippen LogP contribution in [0.15, 0.2) is 11.4 Å². The minimum absolute atomic E-state index is 0.0896. The highest BCUT2D eigenvalue weighted by molar-refractivity contribution is 7.10. The number of carbonyl (C=O) groups is 1. The molecule has 21 heavy (non-hydrogen) atoms. The summed E-state index contributed by atoms with van der Waals surface area (Å²) in [5.41, 5.74) is 1.36. The number of fused-ring (bicyclic) bond motifs is 1. The van der Waals surface area contributed by atoms with Crippen LogP contribution in [0.2, 0.25) is 0 Å². The highest BCUT2D eigenvalue weighted by Gasteiger charge is 2.40. The molecular weight excluding hydrogens is 306 g/mol. The molecule has 0 N–H and O–H groups in total. The third-order valence-corrected chi connectivity index (χ3v) is 6.38. The lowest BCUT2D eigenvalue weighted by molar-refractivity contribution is -0.150. The van der Waals surface area contributed by atoms with Crippen molar-refractivity contribution in [3.8, 4) is 0 Å². The average molecular weight is 328 g/mol. The van der Waals surface area contributed by atoms with Crippen LogP contribution in [-0.4, -0.2) is 35.9 Å². The Bertz CT molecular complexity index is 504. The lowest BCUT2D eigenvalue weighted by Gasteiger charge is -2.40. The zero-order valence-electron chi connectivity index (χ0n) is 12.4. The minimum atomic E-state index is -0.189. The van der Waals surface area contributed by atoms with Crippen LogP contribution in [0.3, 0.4) is 0 Å². The molecule has 116 valence electrons. The van der Waals surface area contributed by atoms with Gasteiger partial charge in [-0.05, 0) is 36.3 Å². The number of carbonyl (C=O) groups excluding carboxylic acids is 1. The molecule has 3 atom stereocenters. The lowest BCUT2D eigenvalue weighted by Crippen LogP contribution is -2.51. The summed E-state index contributed by atoms with van der Waals surface area (Å²) in [6.45, 7) is 1.77. The first-order valence-corrected chi connectivity index (χ1v) is 9.03. The maximum Gasteiger partial charge on any atom is 0.323 e. The van der Waals surface area contributed by atoms with E-state index < -0.39 is 0 Å². The standard InChI is InChI=1S/C16H22ClNO2S/c1-20-16(19)15(12-4-2-3-5-13(12)17)18-8-6-14-11(10-18)7-9-21-14/h7,9,12-13,15H,2-6,8,10H2,1H3. The van der Waals surface area contributed by atoms with Gasteiger partial charge in [-0.25, -0.2) is 0 Å². The van der Waals surface area contributed by atoms with Gasteiger partial charge in [0.15, 0.2) is 0 Å². The average Bonchev–Trinajstić information content (AvgIpc) is 2.97. The number of methoxy groups -OCH3 is 1. The maximum atomic E-state index is 12.4. The molecule has 2 heterocycles. The number of esters is 1. The number of ether oxygens (including phenoxy) is 1. The van der Waals surface area contributed by atoms with Gasteiger partial charge in [0.25, 0.3) is 0 Å². The summed E-state index contributed by atoms with van der Waals surface area (Å²) in [5, 5.41) is 2.23. The van der Waals surface area contributed by atoms with Crippen LogP contribution >= 0.6 is 22.9 Å². The predicted molar refractivity (Wildman–Crippen MR) is 85.8 cm³/mol. The molecule has 1 fully saturated rings. The van der Waals surface area contributed by atoms with E-state index in [0.717, 1.165) is 32.4 Å². The van der Waals surface area contributed by atoms with Gasteiger partial charge in [0.1, 0.15) is 6.04 Å². The Labute approximate surface area is 135 Å². The summed E-state index contributed by atoms with van der Waals surface area (Å²) < 4.78 is 5.10. The van der Waals surface area contributed by atoms with Crippen LogP contribution in [0.1, 0.15) is 36.1 Å². The van der Waals surface area contributed by atoms with E-state index in [9.17, 15) is 4.79 Å². The molecule has 1 aromatic heterocycles. The highest BCUT2D eigenvalue weighted by Crippen LogP contribution is 2.36. The number of thiophene rings is 1. The van der Waals surface area contributed by atoms with Gasteiger partial charge in [-0.3, -0.25) is 9.69 Å². The molecule has 1 aliphatic heterocycles. The first kappa shape index (κ1) is 15.3. The number of hydrogen-bond donors (Lipinski definition) is 0. The van der Waals surface area contributed by atoms with Gasteiger partial charge in [-0.1, -0.05) is 12.8 Å². The van der Waals surface area contributed by atoms with Crippen LogP contribution in [0, 0.1) is 5.92 Å². The van der Waals surface area contributed by atoms with Crippen molar-refractivity contribution < 1.29 is 9.53 Å². The van der Waals surface area contributed by atoms with Crippen molar-refractivity contribution in [2.24, 2.45) is 5.92 Å². The minimum Gasteiger partial charge on any atom is -0.468 e. The third-order valence-electron chi connectivity index (χ3n) is 4.81. The summed E-state index contributed by atoms with van der Waals surface area (Å²) >= 11 is 8.36. The van der Waals surface area contributed by atoms with Crippen LogP contribution in [0.4, 0.5) is 0 Å². The van der Waals surface area contributed by atoms with Crippen molar-refractivity contribution in [3.05, 3.63) is 21.9 Å². The van der Waals surface area contributed by atoms with Crippen LogP contribution < -0.4 is 0 Å². The second kappa shape index (κ2) is 6.67. The summed E-state index contributed by atoms with van der Waals surface area (Å²) in [5.74, 6) is 0.0966. The lowest BCUT2D eigenvalue weighted by atomic mass is 9.82. The second-order valence-corrected chi connectivity index (χ2v) is 7.58. The molecule has 1 saturated carbocycles. The molecule has 3 unspecified atom stereocenters. The maximum absolute atomic E-state index is 12.4. The van der Waals surface area contributed by atoms with Crippen molar-refractivity contribution in [1.82, 2.24) is 4.90 Å². The molecule has 1 aromatic rings. The zero-order chi connectivity index (χ0) is 14.8. The Morgan fingerprint density at radius 1 is 1.48 bits per heavy atom. The number of nitrogens with zero attached hydrogens (tertiary/aromatic N) is 1. The largest absolute Gasteiger partial charge is 0.468 e. The molecule has 1 aliphatic carbocycles. The Balaban J connectivity index is 1.81. The van der Waals surface area contributed by atoms with Crippen molar-refractivity contribution in [3.63, 3.8) is 0 Å². The van der Waals surface area contributed by atoms with Gasteiger partial charge in [0.2, 0.25) is 0 Å². The van der Waals surface area contributed by atoms with Crippen molar-refractivity contribution in [1.29, 1.82) is 0 Å². The highest BCUT2D eigenvalue weighted by atomic mass is 35.5. The fraction of sp³-hybridized carbons (Fsp3) is 0.688. The van der Waals surface area contributed by atoms with Crippen molar-refractivity contribution in [2.75, 3.05) is 13.7 Å².